The fourth-order valence-electron chi connectivity index (χ4n) is 9.57. The number of benzene rings is 5. The average molecular weight is 1010 g/mol. The molecule has 1 amide bonds. The molecule has 4 heterocycles. The summed E-state index contributed by atoms with van der Waals surface area (Å²) in [4.78, 5) is 69.7. The number of hydrogen-bond donors (Lipinski definition) is 2. The number of carbonyl (C=O) groups is 3. The molecule has 2 aromatic heterocycles. The minimum Gasteiger partial charge on any atom is -0.482 e. The fraction of sp³-hybridized carbons (Fsp3) is 0.185. The standard InChI is InChI=1S/C54H44N4O8S4/c1-2-55-50(64)47(69-52(55)48-51(65)57(54(67)70-48)29-33-18-23-38(24-19-33)66-31-46(61)62)53-56(30-45(59)60)49(63)44(68-53)28-34-20-25-43-41(27-34)39-14-9-15-42(39)58(43)37-21-16-32(17-22-37)26-40(35-10-5-3-6-11-35)36-12-7-4-8-13-36/h3-8,10-13,16-28,39,42H,2,9,14-15,29-31H2,1H3,(H,59,60)(H,61,62)/b44-28?,52-48?,53-47+. The van der Waals surface area contributed by atoms with E-state index in [-0.39, 0.29) is 42.1 Å². The molecule has 2 unspecified atom stereocenters. The minimum atomic E-state index is -1.24. The van der Waals surface area contributed by atoms with Gasteiger partial charge in [-0.3, -0.25) is 33.2 Å². The Kier molecular flexibility index (Phi) is 13.1. The molecule has 2 fully saturated rings. The van der Waals surface area contributed by atoms with Gasteiger partial charge in [0.2, 0.25) is 0 Å². The van der Waals surface area contributed by atoms with Crippen LogP contribution in [0.4, 0.5) is 11.4 Å². The predicted octanol–water partition coefficient (Wildman–Crippen LogP) is 8.36. The Morgan fingerprint density at radius 2 is 1.46 bits per heavy atom. The first-order valence-corrected chi connectivity index (χ1v) is 25.6. The van der Waals surface area contributed by atoms with Gasteiger partial charge in [-0.05, 0) is 107 Å². The third kappa shape index (κ3) is 9.10. The molecular weight excluding hydrogens is 961 g/mol. The van der Waals surface area contributed by atoms with Crippen molar-refractivity contribution in [1.82, 2.24) is 14.0 Å². The first kappa shape index (κ1) is 46.6. The van der Waals surface area contributed by atoms with Gasteiger partial charge in [-0.2, -0.15) is 0 Å². The van der Waals surface area contributed by atoms with Crippen molar-refractivity contribution in [3.63, 3.8) is 0 Å². The maximum absolute atomic E-state index is 14.2. The predicted molar refractivity (Wildman–Crippen MR) is 280 cm³/mol. The number of hydrogen-bond acceptors (Lipinski definition) is 11. The van der Waals surface area contributed by atoms with Crippen molar-refractivity contribution in [2.75, 3.05) is 11.5 Å². The van der Waals surface area contributed by atoms with E-state index in [1.54, 1.807) is 37.3 Å². The number of carboxylic acids is 2. The van der Waals surface area contributed by atoms with E-state index >= 15 is 0 Å². The van der Waals surface area contributed by atoms with Crippen molar-refractivity contribution in [3.05, 3.63) is 200 Å². The van der Waals surface area contributed by atoms with Gasteiger partial charge in [-0.1, -0.05) is 121 Å². The number of amides is 1. The zero-order valence-corrected chi connectivity index (χ0v) is 40.9. The highest BCUT2D eigenvalue weighted by Crippen LogP contribution is 2.52. The lowest BCUT2D eigenvalue weighted by atomic mass is 9.95. The van der Waals surface area contributed by atoms with Gasteiger partial charge in [0.15, 0.2) is 6.61 Å². The number of thiocarbonyl (C=S) groups is 1. The monoisotopic (exact) mass is 1000 g/mol. The lowest BCUT2D eigenvalue weighted by Gasteiger charge is -2.27. The number of thioether (sulfide) groups is 1. The van der Waals surface area contributed by atoms with Crippen LogP contribution in [0.15, 0.2) is 137 Å². The molecule has 10 rings (SSSR count). The van der Waals surface area contributed by atoms with E-state index in [2.05, 4.69) is 95.9 Å². The summed E-state index contributed by atoms with van der Waals surface area (Å²) < 4.78 is 9.10. The summed E-state index contributed by atoms with van der Waals surface area (Å²) in [5, 5.41) is 18.9. The first-order valence-electron chi connectivity index (χ1n) is 22.7. The highest BCUT2D eigenvalue weighted by atomic mass is 32.2. The van der Waals surface area contributed by atoms with Crippen molar-refractivity contribution in [2.45, 2.75) is 57.8 Å². The van der Waals surface area contributed by atoms with Gasteiger partial charge < -0.3 is 19.8 Å². The van der Waals surface area contributed by atoms with E-state index in [4.69, 9.17) is 22.1 Å². The van der Waals surface area contributed by atoms with Crippen LogP contribution in [0.5, 0.6) is 5.75 Å². The summed E-state index contributed by atoms with van der Waals surface area (Å²) in [5.74, 6) is -2.07. The second-order valence-corrected chi connectivity index (χ2v) is 20.7. The lowest BCUT2D eigenvalue weighted by molar-refractivity contribution is -0.139. The fourth-order valence-corrected chi connectivity index (χ4v) is 13.4. The highest BCUT2D eigenvalue weighted by Gasteiger charge is 2.42. The van der Waals surface area contributed by atoms with Crippen molar-refractivity contribution < 1.29 is 29.3 Å². The van der Waals surface area contributed by atoms with Crippen molar-refractivity contribution in [3.8, 4) is 5.75 Å². The number of carbonyl (C=O) groups excluding carboxylic acids is 1. The van der Waals surface area contributed by atoms with Crippen LogP contribution in [-0.2, 0) is 34.0 Å². The lowest BCUT2D eigenvalue weighted by Crippen LogP contribution is -2.31. The number of rotatable bonds is 13. The topological polar surface area (TPSA) is 151 Å². The molecule has 7 aromatic rings. The van der Waals surface area contributed by atoms with E-state index in [0.717, 1.165) is 103 Å². The van der Waals surface area contributed by atoms with Crippen LogP contribution in [0, 0.1) is 9.20 Å². The molecule has 1 saturated carbocycles. The van der Waals surface area contributed by atoms with Gasteiger partial charge in [0.25, 0.3) is 17.0 Å². The third-order valence-electron chi connectivity index (χ3n) is 12.7. The maximum Gasteiger partial charge on any atom is 0.341 e. The number of ether oxygens (including phenoxy) is 1. The molecule has 70 heavy (non-hydrogen) atoms. The summed E-state index contributed by atoms with van der Waals surface area (Å²) in [5.41, 5.74) is 8.52. The molecule has 12 nitrogen and oxygen atoms in total. The normalized spacial score (nSPS) is 17.8. The molecule has 2 N–H and O–H groups in total. The Hall–Kier alpha value is -7.11. The molecule has 0 radical (unpaired) electrons. The van der Waals surface area contributed by atoms with Crippen LogP contribution < -0.4 is 30.0 Å². The zero-order valence-electron chi connectivity index (χ0n) is 37.6. The Labute approximate surface area is 418 Å². The quantitative estimate of drug-likeness (QED) is 0.0848. The smallest absolute Gasteiger partial charge is 0.341 e. The van der Waals surface area contributed by atoms with Crippen molar-refractivity contribution >= 4 is 103 Å². The molecule has 0 spiro atoms. The molecule has 16 heteroatoms. The summed E-state index contributed by atoms with van der Waals surface area (Å²) >= 11 is 8.81. The summed E-state index contributed by atoms with van der Waals surface area (Å²) in [6.45, 7) is 0.971. The molecule has 5 aromatic carbocycles. The minimum absolute atomic E-state index is 0.128. The largest absolute Gasteiger partial charge is 0.482 e. The number of aliphatic carboxylic acids is 2. The van der Waals surface area contributed by atoms with E-state index in [9.17, 15) is 29.1 Å². The summed E-state index contributed by atoms with van der Waals surface area (Å²) in [7, 11) is 0. The first-order chi connectivity index (χ1) is 33.9. The van der Waals surface area contributed by atoms with Crippen LogP contribution in [0.2, 0.25) is 0 Å². The molecule has 0 bridgehead atoms. The Morgan fingerprint density at radius 3 is 2.11 bits per heavy atom. The number of carboxylic acid groups (broad SMARTS) is 2. The Balaban J connectivity index is 0.990. The van der Waals surface area contributed by atoms with Crippen LogP contribution in [0.3, 0.4) is 0 Å². The third-order valence-corrected chi connectivity index (χ3v) is 16.8. The number of aromatic nitrogens is 2. The molecule has 3 aliphatic rings. The van der Waals surface area contributed by atoms with Gasteiger partial charge >= 0.3 is 11.9 Å². The number of fused-ring (bicyclic) bond motifs is 3. The summed E-state index contributed by atoms with van der Waals surface area (Å²) in [6, 6.07) is 42.7. The van der Waals surface area contributed by atoms with Crippen molar-refractivity contribution in [2.24, 2.45) is 0 Å². The van der Waals surface area contributed by atoms with E-state index < -0.39 is 42.1 Å². The average Bonchev–Trinajstić information content (AvgIpc) is 4.17. The molecular formula is C54H44N4O8S4. The van der Waals surface area contributed by atoms with Crippen LogP contribution in [0.1, 0.15) is 65.5 Å². The SMILES string of the molecule is CCn1c(=C2SC(=S)N(Cc3ccc(OCC(=O)O)cc3)C2=O)s/c(=c2/sc(=Cc3ccc4c(c3)C3CCCC3N4c3ccc(C=C(c4ccccc4)c4ccccc4)cc3)c(=O)n2CC(=O)O)c1=O. The van der Waals surface area contributed by atoms with Gasteiger partial charge in [0, 0.05) is 29.9 Å². The van der Waals surface area contributed by atoms with Crippen LogP contribution in [0.25, 0.3) is 22.6 Å². The van der Waals surface area contributed by atoms with Crippen LogP contribution >= 0.6 is 46.7 Å². The zero-order chi connectivity index (χ0) is 48.6. The van der Waals surface area contributed by atoms with E-state index in [1.807, 2.05) is 18.2 Å². The number of thiazole rings is 2. The molecule has 2 atom stereocenters. The Bertz CT molecular complexity index is 3560. The maximum atomic E-state index is 14.2. The van der Waals surface area contributed by atoms with Gasteiger partial charge in [0.05, 0.1) is 11.1 Å². The van der Waals surface area contributed by atoms with E-state index in [1.165, 1.54) is 15.0 Å². The molecule has 1 aliphatic carbocycles. The van der Waals surface area contributed by atoms with Crippen LogP contribution in [-0.4, -0.2) is 59.1 Å². The molecule has 352 valence electrons. The number of anilines is 2. The van der Waals surface area contributed by atoms with E-state index in [0.29, 0.717) is 16.3 Å². The molecule has 1 saturated heterocycles. The summed E-state index contributed by atoms with van der Waals surface area (Å²) in [6.07, 6.45) is 7.19. The van der Waals surface area contributed by atoms with Crippen molar-refractivity contribution in [1.29, 1.82) is 0 Å². The molecule has 2 aliphatic heterocycles. The number of nitrogens with zero attached hydrogens (tertiary/aromatic N) is 4. The Morgan fingerprint density at radius 1 is 0.771 bits per heavy atom. The second-order valence-electron chi connectivity index (χ2n) is 17.1. The second kappa shape index (κ2) is 19.7. The van der Waals surface area contributed by atoms with Gasteiger partial charge in [0.1, 0.15) is 35.4 Å². The van der Waals surface area contributed by atoms with Gasteiger partial charge in [-0.15, -0.1) is 22.7 Å². The highest BCUT2D eigenvalue weighted by molar-refractivity contribution is 8.30. The van der Waals surface area contributed by atoms with Gasteiger partial charge in [-0.25, -0.2) is 4.79 Å².